The number of carbonyl (C=O) groups excluding carboxylic acids is 4. The zero-order valence-electron chi connectivity index (χ0n) is 22.6. The molecular weight excluding hydrogens is 490 g/mol. The zero-order chi connectivity index (χ0) is 28.2. The second-order valence-electron chi connectivity index (χ2n) is 9.26. The Balaban J connectivity index is 2.04. The molecule has 2 N–H and O–H groups in total. The number of ether oxygens (including phenoxy) is 4. The number of carbonyl (C=O) groups is 4. The fourth-order valence-corrected chi connectivity index (χ4v) is 3.10. The summed E-state index contributed by atoms with van der Waals surface area (Å²) in [7, 11) is 0. The molecule has 0 amide bonds. The lowest BCUT2D eigenvalue weighted by Gasteiger charge is -2.18. The molecule has 0 heterocycles. The minimum absolute atomic E-state index is 0.0722. The maximum atomic E-state index is 12.5. The van der Waals surface area contributed by atoms with Crippen LogP contribution in [0.1, 0.15) is 63.4 Å². The highest BCUT2D eigenvalue weighted by atomic mass is 16.6. The summed E-state index contributed by atoms with van der Waals surface area (Å²) in [6.07, 6.45) is 0.536. The van der Waals surface area contributed by atoms with Crippen molar-refractivity contribution in [1.82, 2.24) is 0 Å². The van der Waals surface area contributed by atoms with Crippen molar-refractivity contribution in [2.24, 2.45) is 17.6 Å². The van der Waals surface area contributed by atoms with E-state index in [-0.39, 0.29) is 36.4 Å². The number of benzene rings is 2. The highest BCUT2D eigenvalue weighted by molar-refractivity contribution is 5.89. The molecule has 9 heteroatoms. The van der Waals surface area contributed by atoms with Gasteiger partial charge in [0, 0.05) is 0 Å². The van der Waals surface area contributed by atoms with E-state index in [1.807, 2.05) is 13.8 Å². The number of esters is 4. The molecule has 0 spiro atoms. The number of rotatable bonds is 13. The van der Waals surface area contributed by atoms with Crippen LogP contribution < -0.4 is 15.2 Å². The van der Waals surface area contributed by atoms with Crippen LogP contribution in [0.15, 0.2) is 48.5 Å². The lowest BCUT2D eigenvalue weighted by atomic mass is 10.1. The van der Waals surface area contributed by atoms with Crippen LogP contribution in [-0.4, -0.2) is 42.6 Å². The van der Waals surface area contributed by atoms with Crippen molar-refractivity contribution in [2.75, 3.05) is 6.61 Å². The molecular formula is C29H37NO8. The van der Waals surface area contributed by atoms with E-state index in [1.165, 1.54) is 12.1 Å². The average molecular weight is 528 g/mol. The Morgan fingerprint density at radius 1 is 0.789 bits per heavy atom. The largest absolute Gasteiger partial charge is 0.458 e. The van der Waals surface area contributed by atoms with Crippen LogP contribution in [0.4, 0.5) is 0 Å². The first-order chi connectivity index (χ1) is 18.0. The summed E-state index contributed by atoms with van der Waals surface area (Å²) < 4.78 is 21.5. The van der Waals surface area contributed by atoms with E-state index in [0.29, 0.717) is 24.0 Å². The summed E-state index contributed by atoms with van der Waals surface area (Å²) >= 11 is 0. The van der Waals surface area contributed by atoms with Gasteiger partial charge in [0.05, 0.1) is 17.4 Å². The highest BCUT2D eigenvalue weighted by Crippen LogP contribution is 2.31. The molecule has 9 nitrogen and oxygen atoms in total. The Hall–Kier alpha value is -3.72. The molecule has 0 saturated carbocycles. The normalized spacial score (nSPS) is 13.9. The zero-order valence-corrected chi connectivity index (χ0v) is 22.6. The number of hydrogen-bond donors (Lipinski definition) is 1. The summed E-state index contributed by atoms with van der Waals surface area (Å²) in [6, 6.07) is 12.1. The van der Waals surface area contributed by atoms with Gasteiger partial charge in [0.15, 0.2) is 11.5 Å². The molecule has 2 unspecified atom stereocenters. The quantitative estimate of drug-likeness (QED) is 0.300. The van der Waals surface area contributed by atoms with Crippen LogP contribution in [-0.2, 0) is 30.3 Å². The second kappa shape index (κ2) is 14.9. The Morgan fingerprint density at radius 2 is 1.37 bits per heavy atom. The lowest BCUT2D eigenvalue weighted by molar-refractivity contribution is -0.151. The van der Waals surface area contributed by atoms with Crippen molar-refractivity contribution in [1.29, 1.82) is 0 Å². The average Bonchev–Trinajstić information content (AvgIpc) is 2.92. The minimum atomic E-state index is -1.03. The molecule has 4 atom stereocenters. The van der Waals surface area contributed by atoms with Gasteiger partial charge in [-0.15, -0.1) is 0 Å². The summed E-state index contributed by atoms with van der Waals surface area (Å²) in [4.78, 5) is 49.4. The molecule has 0 aliphatic rings. The first-order valence-electron chi connectivity index (χ1n) is 12.8. The lowest BCUT2D eigenvalue weighted by Crippen LogP contribution is -2.37. The van der Waals surface area contributed by atoms with Gasteiger partial charge in [-0.25, -0.2) is 4.79 Å². The van der Waals surface area contributed by atoms with E-state index in [0.717, 1.165) is 0 Å². The minimum Gasteiger partial charge on any atom is -0.458 e. The van der Waals surface area contributed by atoms with Crippen molar-refractivity contribution >= 4 is 23.9 Å². The van der Waals surface area contributed by atoms with Gasteiger partial charge in [0.25, 0.3) is 0 Å². The predicted molar refractivity (Wildman–Crippen MR) is 141 cm³/mol. The topological polar surface area (TPSA) is 131 Å². The van der Waals surface area contributed by atoms with Gasteiger partial charge in [-0.1, -0.05) is 52.0 Å². The van der Waals surface area contributed by atoms with Gasteiger partial charge in [0.1, 0.15) is 18.8 Å². The molecule has 0 radical (unpaired) electrons. The Labute approximate surface area is 223 Å². The molecule has 2 rings (SSSR count). The summed E-state index contributed by atoms with van der Waals surface area (Å²) in [5.41, 5.74) is 7.04. The van der Waals surface area contributed by atoms with E-state index in [2.05, 4.69) is 0 Å². The second-order valence-corrected chi connectivity index (χ2v) is 9.26. The molecule has 0 saturated heterocycles. The maximum absolute atomic E-state index is 12.5. The van der Waals surface area contributed by atoms with Crippen LogP contribution in [0.3, 0.4) is 0 Å². The Bertz CT molecular complexity index is 1100. The summed E-state index contributed by atoms with van der Waals surface area (Å²) in [6.45, 7) is 8.68. The standard InChI is InChI=1S/C29H37NO8/c1-6-18(3)26(31)37-24-14-13-21(16-25(24)38-27(32)19(4)7-2)15-23(30)29(34)36-20(5)17-35-28(33)22-11-9-8-10-12-22/h8-14,16,18-20,23H,6-7,15,17,30H2,1-5H3/t18?,19?,20-,23-/m0/s1. The van der Waals surface area contributed by atoms with Crippen molar-refractivity contribution in [3.05, 3.63) is 59.7 Å². The van der Waals surface area contributed by atoms with E-state index < -0.39 is 36.0 Å². The maximum Gasteiger partial charge on any atom is 0.338 e. The first-order valence-corrected chi connectivity index (χ1v) is 12.8. The third-order valence-electron chi connectivity index (χ3n) is 5.99. The molecule has 2 aromatic rings. The van der Waals surface area contributed by atoms with Gasteiger partial charge in [0.2, 0.25) is 0 Å². The fourth-order valence-electron chi connectivity index (χ4n) is 3.10. The van der Waals surface area contributed by atoms with E-state index >= 15 is 0 Å². The SMILES string of the molecule is CCC(C)C(=O)Oc1ccc(C[C@H](N)C(=O)O[C@@H](C)COC(=O)c2ccccc2)cc1OC(=O)C(C)CC. The monoisotopic (exact) mass is 527 g/mol. The van der Waals surface area contributed by atoms with E-state index in [1.54, 1.807) is 57.2 Å². The van der Waals surface area contributed by atoms with E-state index in [4.69, 9.17) is 24.7 Å². The van der Waals surface area contributed by atoms with E-state index in [9.17, 15) is 19.2 Å². The van der Waals surface area contributed by atoms with Gasteiger partial charge in [-0.2, -0.15) is 0 Å². The van der Waals surface area contributed by atoms with Crippen molar-refractivity contribution in [2.45, 2.75) is 66.0 Å². The molecule has 0 aromatic heterocycles. The molecule has 38 heavy (non-hydrogen) atoms. The molecule has 0 aliphatic carbocycles. The Kier molecular flexibility index (Phi) is 11.9. The third-order valence-corrected chi connectivity index (χ3v) is 5.99. The van der Waals surface area contributed by atoms with Crippen LogP contribution in [0.2, 0.25) is 0 Å². The molecule has 2 aromatic carbocycles. The van der Waals surface area contributed by atoms with Crippen LogP contribution in [0.5, 0.6) is 11.5 Å². The highest BCUT2D eigenvalue weighted by Gasteiger charge is 2.23. The van der Waals surface area contributed by atoms with Crippen molar-refractivity contribution in [3.8, 4) is 11.5 Å². The summed E-state index contributed by atoms with van der Waals surface area (Å²) in [5, 5.41) is 0. The third kappa shape index (κ3) is 9.30. The van der Waals surface area contributed by atoms with Crippen LogP contribution in [0, 0.1) is 11.8 Å². The van der Waals surface area contributed by atoms with Gasteiger partial charge < -0.3 is 24.7 Å². The van der Waals surface area contributed by atoms with Crippen molar-refractivity contribution in [3.63, 3.8) is 0 Å². The van der Waals surface area contributed by atoms with Gasteiger partial charge >= 0.3 is 23.9 Å². The molecule has 206 valence electrons. The first kappa shape index (κ1) is 30.5. The van der Waals surface area contributed by atoms with Crippen molar-refractivity contribution < 1.29 is 38.1 Å². The molecule has 0 fully saturated rings. The van der Waals surface area contributed by atoms with Gasteiger partial charge in [-0.05, 0) is 56.0 Å². The molecule has 0 bridgehead atoms. The number of nitrogens with two attached hydrogens (primary N) is 1. The Morgan fingerprint density at radius 3 is 1.95 bits per heavy atom. The smallest absolute Gasteiger partial charge is 0.338 e. The predicted octanol–water partition coefficient (Wildman–Crippen LogP) is 4.25. The number of hydrogen-bond acceptors (Lipinski definition) is 9. The molecule has 0 aliphatic heterocycles. The van der Waals surface area contributed by atoms with Crippen LogP contribution >= 0.6 is 0 Å². The van der Waals surface area contributed by atoms with Gasteiger partial charge in [-0.3, -0.25) is 14.4 Å². The summed E-state index contributed by atoms with van der Waals surface area (Å²) in [5.74, 6) is -2.61. The fraction of sp³-hybridized carbons (Fsp3) is 0.448. The van der Waals surface area contributed by atoms with Crippen LogP contribution in [0.25, 0.3) is 0 Å².